The predicted octanol–water partition coefficient (Wildman–Crippen LogP) is 0.496. The maximum atomic E-state index is 12.5. The SMILES string of the molecule is C#CC(CC)(CC)NC(=O)C[NH+]1CCN(S(=O)(=O)/C=C/c2ccccc2)CC1. The smallest absolute Gasteiger partial charge is 0.276 e. The molecule has 2 rings (SSSR count). The summed E-state index contributed by atoms with van der Waals surface area (Å²) in [6, 6.07) is 9.33. The number of carbonyl (C=O) groups is 1. The standard InChI is InChI=1S/C21H29N3O3S/c1-4-21(5-2,6-3)22-20(25)18-23-13-15-24(16-14-23)28(26,27)17-12-19-10-8-7-9-11-19/h1,7-12,17H,5-6,13-16,18H2,2-3H3,(H,22,25)/p+1/b17-12+. The lowest BCUT2D eigenvalue weighted by molar-refractivity contribution is -0.895. The summed E-state index contributed by atoms with van der Waals surface area (Å²) >= 11 is 0. The molecular formula is C21H30N3O3S+. The van der Waals surface area contributed by atoms with Crippen molar-refractivity contribution in [1.29, 1.82) is 0 Å². The van der Waals surface area contributed by atoms with Crippen molar-refractivity contribution in [3.8, 4) is 12.3 Å². The third kappa shape index (κ3) is 5.93. The fourth-order valence-corrected chi connectivity index (χ4v) is 4.45. The van der Waals surface area contributed by atoms with Crippen LogP contribution in [0.5, 0.6) is 0 Å². The first kappa shape index (κ1) is 22.2. The first-order chi connectivity index (χ1) is 13.3. The van der Waals surface area contributed by atoms with Crippen molar-refractivity contribution in [1.82, 2.24) is 9.62 Å². The van der Waals surface area contributed by atoms with Crippen LogP contribution in [-0.4, -0.2) is 56.9 Å². The Labute approximate surface area is 168 Å². The lowest BCUT2D eigenvalue weighted by atomic mass is 9.94. The Hall–Kier alpha value is -2.14. The van der Waals surface area contributed by atoms with E-state index in [-0.39, 0.29) is 5.91 Å². The quantitative estimate of drug-likeness (QED) is 0.620. The molecule has 1 aliphatic heterocycles. The number of nitrogens with zero attached hydrogens (tertiary/aromatic N) is 1. The fourth-order valence-electron chi connectivity index (χ4n) is 3.25. The van der Waals surface area contributed by atoms with Crippen molar-refractivity contribution < 1.29 is 18.1 Å². The van der Waals surface area contributed by atoms with Gasteiger partial charge in [0.25, 0.3) is 5.91 Å². The number of hydrogen-bond donors (Lipinski definition) is 2. The van der Waals surface area contributed by atoms with E-state index >= 15 is 0 Å². The van der Waals surface area contributed by atoms with Gasteiger partial charge in [0.2, 0.25) is 10.0 Å². The molecule has 6 nitrogen and oxygen atoms in total. The van der Waals surface area contributed by atoms with E-state index in [1.807, 2.05) is 44.2 Å². The van der Waals surface area contributed by atoms with E-state index < -0.39 is 15.6 Å². The molecule has 1 heterocycles. The molecule has 1 amide bonds. The molecule has 152 valence electrons. The Morgan fingerprint density at radius 3 is 2.39 bits per heavy atom. The Kier molecular flexibility index (Phi) is 7.81. The zero-order valence-corrected chi connectivity index (χ0v) is 17.5. The summed E-state index contributed by atoms with van der Waals surface area (Å²) < 4.78 is 26.5. The topological polar surface area (TPSA) is 70.9 Å². The van der Waals surface area contributed by atoms with E-state index in [2.05, 4.69) is 11.2 Å². The molecule has 0 spiro atoms. The summed E-state index contributed by atoms with van der Waals surface area (Å²) in [5, 5.41) is 4.22. The molecule has 1 aromatic carbocycles. The average Bonchev–Trinajstić information content (AvgIpc) is 2.72. The number of hydrogen-bond acceptors (Lipinski definition) is 3. The van der Waals surface area contributed by atoms with Crippen LogP contribution >= 0.6 is 0 Å². The van der Waals surface area contributed by atoms with E-state index in [0.717, 1.165) is 10.5 Å². The van der Waals surface area contributed by atoms with Gasteiger partial charge >= 0.3 is 0 Å². The second-order valence-corrected chi connectivity index (χ2v) is 8.88. The molecule has 2 N–H and O–H groups in total. The number of carbonyl (C=O) groups excluding carboxylic acids is 1. The largest absolute Gasteiger partial charge is 0.335 e. The number of rotatable bonds is 8. The van der Waals surface area contributed by atoms with Crippen LogP contribution in [0.3, 0.4) is 0 Å². The summed E-state index contributed by atoms with van der Waals surface area (Å²) in [4.78, 5) is 13.4. The van der Waals surface area contributed by atoms with Crippen LogP contribution in [0.2, 0.25) is 0 Å². The number of benzene rings is 1. The zero-order chi connectivity index (χ0) is 20.6. The molecule has 7 heteroatoms. The van der Waals surface area contributed by atoms with Crippen molar-refractivity contribution in [3.05, 3.63) is 41.3 Å². The summed E-state index contributed by atoms with van der Waals surface area (Å²) in [6.45, 7) is 6.20. The van der Waals surface area contributed by atoms with Crippen LogP contribution in [-0.2, 0) is 14.8 Å². The molecule has 0 atom stereocenters. The normalized spacial score (nSPS) is 16.8. The highest BCUT2D eigenvalue weighted by Crippen LogP contribution is 2.13. The first-order valence-corrected chi connectivity index (χ1v) is 11.2. The minimum Gasteiger partial charge on any atom is -0.335 e. The Morgan fingerprint density at radius 2 is 1.86 bits per heavy atom. The Morgan fingerprint density at radius 1 is 1.25 bits per heavy atom. The summed E-state index contributed by atoms with van der Waals surface area (Å²) in [7, 11) is -3.46. The van der Waals surface area contributed by atoms with Gasteiger partial charge in [-0.15, -0.1) is 6.42 Å². The maximum absolute atomic E-state index is 12.5. The van der Waals surface area contributed by atoms with Crippen molar-refractivity contribution in [2.45, 2.75) is 32.2 Å². The van der Waals surface area contributed by atoms with E-state index in [1.54, 1.807) is 6.08 Å². The minimum atomic E-state index is -3.46. The second kappa shape index (κ2) is 9.87. The second-order valence-electron chi connectivity index (χ2n) is 7.07. The molecule has 0 bridgehead atoms. The van der Waals surface area contributed by atoms with Crippen LogP contribution < -0.4 is 10.2 Å². The van der Waals surface area contributed by atoms with Gasteiger partial charge in [-0.2, -0.15) is 4.31 Å². The molecule has 1 fully saturated rings. The molecule has 0 aromatic heterocycles. The number of terminal acetylenes is 1. The summed E-state index contributed by atoms with van der Waals surface area (Å²) in [5.74, 6) is 2.62. The van der Waals surface area contributed by atoms with Crippen molar-refractivity contribution in [2.75, 3.05) is 32.7 Å². The summed E-state index contributed by atoms with van der Waals surface area (Å²) in [6.07, 6.45) is 8.57. The van der Waals surface area contributed by atoms with E-state index in [4.69, 9.17) is 6.42 Å². The van der Waals surface area contributed by atoms with Crippen LogP contribution in [0.1, 0.15) is 32.3 Å². The van der Waals surface area contributed by atoms with Crippen LogP contribution in [0, 0.1) is 12.3 Å². The van der Waals surface area contributed by atoms with Gasteiger partial charge in [0.05, 0.1) is 26.2 Å². The van der Waals surface area contributed by atoms with Gasteiger partial charge in [0.15, 0.2) is 6.54 Å². The summed E-state index contributed by atoms with van der Waals surface area (Å²) in [5.41, 5.74) is 0.250. The number of nitrogens with one attached hydrogen (secondary N) is 2. The number of quaternary nitrogens is 1. The van der Waals surface area contributed by atoms with Gasteiger partial charge in [-0.1, -0.05) is 50.1 Å². The first-order valence-electron chi connectivity index (χ1n) is 9.70. The lowest BCUT2D eigenvalue weighted by Gasteiger charge is -2.32. The van der Waals surface area contributed by atoms with Gasteiger partial charge in [-0.05, 0) is 24.5 Å². The Bertz CT molecular complexity index is 816. The van der Waals surface area contributed by atoms with E-state index in [1.165, 1.54) is 9.71 Å². The zero-order valence-electron chi connectivity index (χ0n) is 16.6. The van der Waals surface area contributed by atoms with Crippen molar-refractivity contribution >= 4 is 22.0 Å². The molecular weight excluding hydrogens is 374 g/mol. The van der Waals surface area contributed by atoms with Crippen molar-refractivity contribution in [2.24, 2.45) is 0 Å². The van der Waals surface area contributed by atoms with Crippen molar-refractivity contribution in [3.63, 3.8) is 0 Å². The highest BCUT2D eigenvalue weighted by atomic mass is 32.2. The van der Waals surface area contributed by atoms with E-state index in [0.29, 0.717) is 45.6 Å². The van der Waals surface area contributed by atoms with Gasteiger partial charge in [0.1, 0.15) is 5.54 Å². The fraction of sp³-hybridized carbons (Fsp3) is 0.476. The van der Waals surface area contributed by atoms with Gasteiger partial charge in [-0.25, -0.2) is 8.42 Å². The molecule has 0 saturated carbocycles. The van der Waals surface area contributed by atoms with Crippen LogP contribution in [0.25, 0.3) is 6.08 Å². The Balaban J connectivity index is 1.87. The van der Waals surface area contributed by atoms with Gasteiger partial charge in [-0.3, -0.25) is 4.79 Å². The molecule has 1 saturated heterocycles. The minimum absolute atomic E-state index is 0.0862. The van der Waals surface area contributed by atoms with Gasteiger partial charge < -0.3 is 10.2 Å². The maximum Gasteiger partial charge on any atom is 0.276 e. The monoisotopic (exact) mass is 404 g/mol. The molecule has 0 radical (unpaired) electrons. The molecule has 1 aromatic rings. The number of amides is 1. The highest BCUT2D eigenvalue weighted by molar-refractivity contribution is 7.92. The van der Waals surface area contributed by atoms with Gasteiger partial charge in [0, 0.05) is 5.41 Å². The third-order valence-electron chi connectivity index (χ3n) is 5.29. The molecule has 0 aliphatic carbocycles. The number of piperazine rings is 1. The predicted molar refractivity (Wildman–Crippen MR) is 112 cm³/mol. The van der Waals surface area contributed by atoms with Crippen LogP contribution in [0.4, 0.5) is 0 Å². The highest BCUT2D eigenvalue weighted by Gasteiger charge is 2.31. The molecule has 1 aliphatic rings. The third-order valence-corrected chi connectivity index (χ3v) is 6.86. The number of sulfonamides is 1. The van der Waals surface area contributed by atoms with E-state index in [9.17, 15) is 13.2 Å². The average molecular weight is 405 g/mol. The van der Waals surface area contributed by atoms with Crippen LogP contribution in [0.15, 0.2) is 35.7 Å². The molecule has 28 heavy (non-hydrogen) atoms. The molecule has 0 unspecified atom stereocenters. The lowest BCUT2D eigenvalue weighted by Crippen LogP contribution is -3.16.